The first-order chi connectivity index (χ1) is 12.1. The van der Waals surface area contributed by atoms with E-state index in [1.807, 2.05) is 23.1 Å². The van der Waals surface area contributed by atoms with Crippen molar-refractivity contribution in [3.63, 3.8) is 0 Å². The second kappa shape index (κ2) is 8.16. The zero-order valence-corrected chi connectivity index (χ0v) is 15.6. The van der Waals surface area contributed by atoms with Crippen LogP contribution in [0.15, 0.2) is 34.7 Å². The lowest BCUT2D eigenvalue weighted by Gasteiger charge is -2.42. The van der Waals surface area contributed by atoms with E-state index in [4.69, 9.17) is 5.73 Å². The highest BCUT2D eigenvalue weighted by atomic mass is 32.2. The third kappa shape index (κ3) is 4.71. The summed E-state index contributed by atoms with van der Waals surface area (Å²) in [6.07, 6.45) is 2.63. The van der Waals surface area contributed by atoms with E-state index in [-0.39, 0.29) is 17.9 Å². The first kappa shape index (κ1) is 18.2. The van der Waals surface area contributed by atoms with Crippen molar-refractivity contribution in [2.75, 3.05) is 31.2 Å². The number of amides is 1. The quantitative estimate of drug-likeness (QED) is 0.748. The van der Waals surface area contributed by atoms with Crippen LogP contribution in [0.3, 0.4) is 0 Å². The normalized spacial score (nSPS) is 20.6. The summed E-state index contributed by atoms with van der Waals surface area (Å²) >= 11 is 2.66. The van der Waals surface area contributed by atoms with Crippen LogP contribution in [0.5, 0.6) is 0 Å². The molecule has 134 valence electrons. The Balaban J connectivity index is 1.61. The lowest BCUT2D eigenvalue weighted by molar-refractivity contribution is -0.132. The number of hydrogen-bond acceptors (Lipinski definition) is 7. The molecule has 6 nitrogen and oxygen atoms in total. The molecule has 0 bridgehead atoms. The fraction of sp³-hybridized carbons (Fsp3) is 0.471. The molecule has 1 aromatic heterocycles. The fourth-order valence-electron chi connectivity index (χ4n) is 3.27. The number of nitrogens with two attached hydrogens (primary N) is 1. The van der Waals surface area contributed by atoms with E-state index < -0.39 is 0 Å². The monoisotopic (exact) mass is 378 g/mol. The lowest BCUT2D eigenvalue weighted by atomic mass is 9.76. The Morgan fingerprint density at radius 2 is 2.16 bits per heavy atom. The second-order valence-electron chi connectivity index (χ2n) is 6.43. The zero-order chi connectivity index (χ0) is 17.7. The molecule has 0 saturated carbocycles. The van der Waals surface area contributed by atoms with E-state index in [9.17, 15) is 9.90 Å². The molecule has 3 N–H and O–H groups in total. The number of aliphatic hydroxyl groups excluding tert-OH is 1. The molecule has 1 fully saturated rings. The summed E-state index contributed by atoms with van der Waals surface area (Å²) in [5.74, 6) is 0.394. The van der Waals surface area contributed by atoms with E-state index in [1.54, 1.807) is 0 Å². The number of nitrogen functional groups attached to an aromatic ring is 1. The number of benzene rings is 1. The minimum Gasteiger partial charge on any atom is -0.396 e. The molecular formula is C17H22N4O2S2. The number of aliphatic hydroxyl groups is 1. The maximum atomic E-state index is 12.6. The van der Waals surface area contributed by atoms with E-state index in [2.05, 4.69) is 22.3 Å². The Bertz CT molecular complexity index is 710. The van der Waals surface area contributed by atoms with E-state index in [0.29, 0.717) is 21.8 Å². The van der Waals surface area contributed by atoms with Crippen LogP contribution in [-0.2, 0) is 11.2 Å². The Kier molecular flexibility index (Phi) is 5.93. The highest BCUT2D eigenvalue weighted by Gasteiger charge is 2.36. The van der Waals surface area contributed by atoms with Crippen LogP contribution in [0, 0.1) is 5.41 Å². The standard InChI is InChI=1S/C17H22N4O2S2/c18-15-19-20-16(25-15)24-10-14(23)21-8-4-7-17(11-21,12-22)9-13-5-2-1-3-6-13/h1-3,5-6,22H,4,7-12H2,(H2,18,19). The average molecular weight is 379 g/mol. The van der Waals surface area contributed by atoms with Crippen molar-refractivity contribution in [3.05, 3.63) is 35.9 Å². The maximum Gasteiger partial charge on any atom is 0.233 e. The van der Waals surface area contributed by atoms with E-state index in [0.717, 1.165) is 25.8 Å². The van der Waals surface area contributed by atoms with Gasteiger partial charge in [0.25, 0.3) is 0 Å². The zero-order valence-electron chi connectivity index (χ0n) is 13.9. The number of aromatic nitrogens is 2. The molecule has 3 rings (SSSR count). The Labute approximate surface area is 155 Å². The maximum absolute atomic E-state index is 12.6. The molecule has 8 heteroatoms. The first-order valence-electron chi connectivity index (χ1n) is 8.25. The molecule has 1 saturated heterocycles. The van der Waals surface area contributed by atoms with Crippen molar-refractivity contribution in [2.45, 2.75) is 23.6 Å². The third-order valence-corrected chi connectivity index (χ3v) is 6.38. The van der Waals surface area contributed by atoms with Gasteiger partial charge in [0.15, 0.2) is 4.34 Å². The molecule has 0 radical (unpaired) electrons. The van der Waals surface area contributed by atoms with Crippen molar-refractivity contribution < 1.29 is 9.90 Å². The van der Waals surface area contributed by atoms with Crippen LogP contribution < -0.4 is 5.73 Å². The number of thioether (sulfide) groups is 1. The van der Waals surface area contributed by atoms with Gasteiger partial charge in [-0.1, -0.05) is 53.4 Å². The van der Waals surface area contributed by atoms with Gasteiger partial charge in [0, 0.05) is 18.5 Å². The van der Waals surface area contributed by atoms with Crippen LogP contribution in [0.25, 0.3) is 0 Å². The lowest BCUT2D eigenvalue weighted by Crippen LogP contribution is -2.49. The third-order valence-electron chi connectivity index (χ3n) is 4.51. The van der Waals surface area contributed by atoms with Crippen LogP contribution in [0.1, 0.15) is 18.4 Å². The molecule has 1 aliphatic heterocycles. The van der Waals surface area contributed by atoms with E-state index >= 15 is 0 Å². The van der Waals surface area contributed by atoms with Crippen LogP contribution in [0.2, 0.25) is 0 Å². The van der Waals surface area contributed by atoms with Gasteiger partial charge in [0.1, 0.15) is 0 Å². The summed E-state index contributed by atoms with van der Waals surface area (Å²) in [4.78, 5) is 14.5. The summed E-state index contributed by atoms with van der Waals surface area (Å²) in [6.45, 7) is 1.43. The summed E-state index contributed by atoms with van der Waals surface area (Å²) in [5, 5.41) is 18.1. The molecule has 25 heavy (non-hydrogen) atoms. The number of rotatable bonds is 6. The average Bonchev–Trinajstić information content (AvgIpc) is 3.06. The number of likely N-dealkylation sites (tertiary alicyclic amines) is 1. The van der Waals surface area contributed by atoms with Gasteiger partial charge < -0.3 is 15.7 Å². The number of piperidine rings is 1. The van der Waals surface area contributed by atoms with Gasteiger partial charge in [0.05, 0.1) is 12.4 Å². The number of hydrogen-bond donors (Lipinski definition) is 2. The fourth-order valence-corrected chi connectivity index (χ4v) is 4.81. The smallest absolute Gasteiger partial charge is 0.233 e. The van der Waals surface area contributed by atoms with Gasteiger partial charge in [-0.25, -0.2) is 0 Å². The number of anilines is 1. The minimum atomic E-state index is -0.257. The number of nitrogens with zero attached hydrogens (tertiary/aromatic N) is 3. The summed E-state index contributed by atoms with van der Waals surface area (Å²) in [5.41, 5.74) is 6.50. The van der Waals surface area contributed by atoms with Crippen molar-refractivity contribution in [2.24, 2.45) is 5.41 Å². The SMILES string of the molecule is Nc1nnc(SCC(=O)N2CCCC(CO)(Cc3ccccc3)C2)s1. The molecule has 1 amide bonds. The molecule has 2 heterocycles. The van der Waals surface area contributed by atoms with E-state index in [1.165, 1.54) is 28.7 Å². The van der Waals surface area contributed by atoms with Crippen LogP contribution in [0.4, 0.5) is 5.13 Å². The predicted molar refractivity (Wildman–Crippen MR) is 101 cm³/mol. The van der Waals surface area contributed by atoms with Crippen molar-refractivity contribution in [1.29, 1.82) is 0 Å². The Hall–Kier alpha value is -1.64. The summed E-state index contributed by atoms with van der Waals surface area (Å²) < 4.78 is 0.709. The molecule has 0 spiro atoms. The molecular weight excluding hydrogens is 356 g/mol. The number of carbonyl (C=O) groups excluding carboxylic acids is 1. The predicted octanol–water partition coefficient (Wildman–Crippen LogP) is 2.06. The number of carbonyl (C=O) groups is 1. The largest absolute Gasteiger partial charge is 0.396 e. The highest BCUT2D eigenvalue weighted by molar-refractivity contribution is 8.01. The van der Waals surface area contributed by atoms with Crippen LogP contribution >= 0.6 is 23.1 Å². The highest BCUT2D eigenvalue weighted by Crippen LogP contribution is 2.34. The van der Waals surface area contributed by atoms with Gasteiger partial charge in [-0.3, -0.25) is 4.79 Å². The summed E-state index contributed by atoms with van der Waals surface area (Å²) in [6, 6.07) is 10.2. The second-order valence-corrected chi connectivity index (χ2v) is 8.67. The van der Waals surface area contributed by atoms with Gasteiger partial charge in [-0.2, -0.15) is 0 Å². The van der Waals surface area contributed by atoms with Crippen molar-refractivity contribution >= 4 is 34.1 Å². The minimum absolute atomic E-state index is 0.0735. The molecule has 1 unspecified atom stereocenters. The molecule has 1 atom stereocenters. The first-order valence-corrected chi connectivity index (χ1v) is 10.0. The summed E-state index contributed by atoms with van der Waals surface area (Å²) in [7, 11) is 0. The Morgan fingerprint density at radius 1 is 1.36 bits per heavy atom. The molecule has 1 aliphatic rings. The van der Waals surface area contributed by atoms with Gasteiger partial charge in [-0.15, -0.1) is 10.2 Å². The molecule has 2 aromatic rings. The Morgan fingerprint density at radius 3 is 2.84 bits per heavy atom. The van der Waals surface area contributed by atoms with Gasteiger partial charge in [0.2, 0.25) is 11.0 Å². The van der Waals surface area contributed by atoms with Gasteiger partial charge in [-0.05, 0) is 24.8 Å². The molecule has 1 aromatic carbocycles. The van der Waals surface area contributed by atoms with Gasteiger partial charge >= 0.3 is 0 Å². The van der Waals surface area contributed by atoms with Crippen molar-refractivity contribution in [3.8, 4) is 0 Å². The van der Waals surface area contributed by atoms with Crippen molar-refractivity contribution in [1.82, 2.24) is 15.1 Å². The topological polar surface area (TPSA) is 92.3 Å². The molecule has 0 aliphatic carbocycles. The van der Waals surface area contributed by atoms with Crippen LogP contribution in [-0.4, -0.2) is 51.6 Å².